The lowest BCUT2D eigenvalue weighted by atomic mass is 10.0. The van der Waals surface area contributed by atoms with E-state index in [2.05, 4.69) is 32.4 Å². The van der Waals surface area contributed by atoms with Crippen LogP contribution in [0.1, 0.15) is 131 Å². The van der Waals surface area contributed by atoms with E-state index in [1.807, 2.05) is 6.92 Å². The van der Waals surface area contributed by atoms with Gasteiger partial charge in [0, 0.05) is 25.7 Å². The van der Waals surface area contributed by atoms with Gasteiger partial charge < -0.3 is 18.9 Å². The van der Waals surface area contributed by atoms with E-state index in [4.69, 9.17) is 14.2 Å². The summed E-state index contributed by atoms with van der Waals surface area (Å²) in [6, 6.07) is 0. The van der Waals surface area contributed by atoms with Crippen LogP contribution in [0.15, 0.2) is 0 Å². The van der Waals surface area contributed by atoms with Crippen LogP contribution in [0, 0.1) is 11.8 Å². The minimum atomic E-state index is -0.227. The fourth-order valence-electron chi connectivity index (χ4n) is 3.19. The average molecular weight is 545 g/mol. The monoisotopic (exact) mass is 544 g/mol. The van der Waals surface area contributed by atoms with Crippen LogP contribution < -0.4 is 0 Å². The molecule has 0 aromatic carbocycles. The second-order valence-corrected chi connectivity index (χ2v) is 9.86. The van der Waals surface area contributed by atoms with Gasteiger partial charge in [-0.2, -0.15) is 0 Å². The average Bonchev–Trinajstić information content (AvgIpc) is 2.92. The van der Waals surface area contributed by atoms with Crippen molar-refractivity contribution < 1.29 is 38.1 Å². The highest BCUT2D eigenvalue weighted by Crippen LogP contribution is 2.14. The molecule has 8 nitrogen and oxygen atoms in total. The maximum absolute atomic E-state index is 11.7. The first-order valence-electron chi connectivity index (χ1n) is 14.8. The third-order valence-electron chi connectivity index (χ3n) is 6.26. The zero-order valence-electron chi connectivity index (χ0n) is 25.1. The molecule has 0 heterocycles. The highest BCUT2D eigenvalue weighted by atomic mass is 16.5. The van der Waals surface area contributed by atoms with Crippen molar-refractivity contribution in [3.05, 3.63) is 0 Å². The minimum Gasteiger partial charge on any atom is -0.469 e. The van der Waals surface area contributed by atoms with Crippen molar-refractivity contribution in [1.29, 1.82) is 0 Å². The minimum absolute atomic E-state index is 0.145. The molecule has 8 heteroatoms. The number of unbranched alkanes of at least 4 members (excludes halogenated alkanes) is 4. The second-order valence-electron chi connectivity index (χ2n) is 9.86. The Labute approximate surface area is 231 Å². The topological polar surface area (TPSA) is 105 Å². The number of carbonyl (C=O) groups is 4. The van der Waals surface area contributed by atoms with Gasteiger partial charge in [-0.3, -0.25) is 19.2 Å². The van der Waals surface area contributed by atoms with E-state index < -0.39 is 0 Å². The molecule has 224 valence electrons. The summed E-state index contributed by atoms with van der Waals surface area (Å²) >= 11 is 0. The quantitative estimate of drug-likeness (QED) is 0.0818. The van der Waals surface area contributed by atoms with Crippen LogP contribution in [-0.2, 0) is 38.1 Å². The number of ether oxygens (including phenoxy) is 4. The van der Waals surface area contributed by atoms with Gasteiger partial charge in [0.05, 0.1) is 26.9 Å². The molecule has 38 heavy (non-hydrogen) atoms. The highest BCUT2D eigenvalue weighted by molar-refractivity contribution is 5.71. The molecule has 0 bridgehead atoms. The summed E-state index contributed by atoms with van der Waals surface area (Å²) in [5.74, 6) is 0.183. The van der Waals surface area contributed by atoms with Crippen LogP contribution in [0.5, 0.6) is 0 Å². The van der Waals surface area contributed by atoms with Gasteiger partial charge in [-0.05, 0) is 50.4 Å². The molecule has 0 aliphatic rings. The SMILES string of the molecule is CCCCC(CC)COC(=O)CCCCC(=O)OCC(C)CC.CCCCOC(=O)CCCCC(=O)OC. The molecular formula is C30H56O8. The molecular weight excluding hydrogens is 488 g/mol. The van der Waals surface area contributed by atoms with Crippen molar-refractivity contribution in [2.45, 2.75) is 131 Å². The molecule has 0 aromatic rings. The van der Waals surface area contributed by atoms with Gasteiger partial charge in [-0.15, -0.1) is 0 Å². The maximum atomic E-state index is 11.7. The van der Waals surface area contributed by atoms with E-state index in [1.54, 1.807) is 0 Å². The lowest BCUT2D eigenvalue weighted by molar-refractivity contribution is -0.147. The Balaban J connectivity index is 0. The first kappa shape index (κ1) is 38.0. The van der Waals surface area contributed by atoms with Gasteiger partial charge in [0.1, 0.15) is 0 Å². The van der Waals surface area contributed by atoms with Gasteiger partial charge >= 0.3 is 23.9 Å². The summed E-state index contributed by atoms with van der Waals surface area (Å²) in [4.78, 5) is 45.0. The van der Waals surface area contributed by atoms with Gasteiger partial charge in [-0.25, -0.2) is 0 Å². The smallest absolute Gasteiger partial charge is 0.305 e. The number of methoxy groups -OCH3 is 1. The zero-order chi connectivity index (χ0) is 29.0. The summed E-state index contributed by atoms with van der Waals surface area (Å²) in [5, 5.41) is 0. The fraction of sp³-hybridized carbons (Fsp3) is 0.867. The summed E-state index contributed by atoms with van der Waals surface area (Å²) < 4.78 is 20.0. The number of hydrogen-bond acceptors (Lipinski definition) is 8. The molecule has 0 fully saturated rings. The normalized spacial score (nSPS) is 11.9. The van der Waals surface area contributed by atoms with Crippen molar-refractivity contribution in [2.24, 2.45) is 11.8 Å². The molecule has 0 aromatic heterocycles. The Morgan fingerprint density at radius 1 is 0.579 bits per heavy atom. The number of esters is 4. The van der Waals surface area contributed by atoms with Crippen molar-refractivity contribution in [3.63, 3.8) is 0 Å². The summed E-state index contributed by atoms with van der Waals surface area (Å²) in [5.41, 5.74) is 0. The Hall–Kier alpha value is -2.12. The third-order valence-corrected chi connectivity index (χ3v) is 6.26. The molecule has 2 atom stereocenters. The Bertz CT molecular complexity index is 605. The largest absolute Gasteiger partial charge is 0.469 e. The van der Waals surface area contributed by atoms with E-state index in [1.165, 1.54) is 20.0 Å². The molecule has 0 aliphatic carbocycles. The van der Waals surface area contributed by atoms with Crippen LogP contribution in [-0.4, -0.2) is 50.8 Å². The van der Waals surface area contributed by atoms with E-state index in [0.717, 1.165) is 32.1 Å². The molecule has 0 amide bonds. The summed E-state index contributed by atoms with van der Waals surface area (Å²) in [6.45, 7) is 12.0. The number of carbonyl (C=O) groups excluding carboxylic acids is 4. The molecule has 0 aliphatic heterocycles. The predicted molar refractivity (Wildman–Crippen MR) is 149 cm³/mol. The van der Waals surface area contributed by atoms with Crippen LogP contribution in [0.3, 0.4) is 0 Å². The first-order valence-corrected chi connectivity index (χ1v) is 14.8. The maximum Gasteiger partial charge on any atom is 0.305 e. The molecule has 2 unspecified atom stereocenters. The zero-order valence-corrected chi connectivity index (χ0v) is 25.1. The number of hydrogen-bond donors (Lipinski definition) is 0. The van der Waals surface area contributed by atoms with Crippen LogP contribution in [0.2, 0.25) is 0 Å². The van der Waals surface area contributed by atoms with Crippen molar-refractivity contribution in [3.8, 4) is 0 Å². The van der Waals surface area contributed by atoms with Crippen LogP contribution in [0.25, 0.3) is 0 Å². The van der Waals surface area contributed by atoms with Gasteiger partial charge in [0.15, 0.2) is 0 Å². The van der Waals surface area contributed by atoms with Gasteiger partial charge in [0.2, 0.25) is 0 Å². The predicted octanol–water partition coefficient (Wildman–Crippen LogP) is 6.96. The van der Waals surface area contributed by atoms with Crippen LogP contribution in [0.4, 0.5) is 0 Å². The molecule has 0 radical (unpaired) electrons. The lowest BCUT2D eigenvalue weighted by Gasteiger charge is -2.14. The van der Waals surface area contributed by atoms with Crippen molar-refractivity contribution in [1.82, 2.24) is 0 Å². The van der Waals surface area contributed by atoms with E-state index >= 15 is 0 Å². The molecule has 0 N–H and O–H groups in total. The highest BCUT2D eigenvalue weighted by Gasteiger charge is 2.11. The Morgan fingerprint density at radius 2 is 1.05 bits per heavy atom. The summed E-state index contributed by atoms with van der Waals surface area (Å²) in [6.07, 6.45) is 11.8. The Kier molecular flexibility index (Phi) is 27.9. The van der Waals surface area contributed by atoms with Gasteiger partial charge in [0.25, 0.3) is 0 Å². The molecule has 0 saturated carbocycles. The third kappa shape index (κ3) is 26.9. The van der Waals surface area contributed by atoms with E-state index in [-0.39, 0.29) is 23.9 Å². The fourth-order valence-corrected chi connectivity index (χ4v) is 3.19. The van der Waals surface area contributed by atoms with Crippen molar-refractivity contribution >= 4 is 23.9 Å². The first-order chi connectivity index (χ1) is 18.2. The second kappa shape index (κ2) is 27.9. The standard InChI is InChI=1S/C19H36O4.C11H20O4/c1-5-8-11-17(7-3)15-23-19(21)13-10-9-12-18(20)22-14-16(4)6-2;1-3-4-9-15-11(13)8-6-5-7-10(12)14-2/h16-17H,5-15H2,1-4H3;3-9H2,1-2H3. The van der Waals surface area contributed by atoms with Crippen LogP contribution >= 0.6 is 0 Å². The van der Waals surface area contributed by atoms with Crippen molar-refractivity contribution in [2.75, 3.05) is 26.9 Å². The number of rotatable bonds is 22. The lowest BCUT2D eigenvalue weighted by Crippen LogP contribution is -2.14. The summed E-state index contributed by atoms with van der Waals surface area (Å²) in [7, 11) is 1.36. The van der Waals surface area contributed by atoms with E-state index in [9.17, 15) is 19.2 Å². The molecule has 0 rings (SSSR count). The molecule has 0 spiro atoms. The Morgan fingerprint density at radius 3 is 1.50 bits per heavy atom. The van der Waals surface area contributed by atoms with Gasteiger partial charge in [-0.1, -0.05) is 66.7 Å². The molecule has 0 saturated heterocycles. The van der Waals surface area contributed by atoms with E-state index in [0.29, 0.717) is 83.0 Å².